The van der Waals surface area contributed by atoms with Gasteiger partial charge in [-0.05, 0) is 49.7 Å². The van der Waals surface area contributed by atoms with Crippen LogP contribution in [-0.2, 0) is 19.4 Å². The van der Waals surface area contributed by atoms with Crippen molar-refractivity contribution in [3.63, 3.8) is 0 Å². The number of hydrogen-bond donors (Lipinski definition) is 2. The molecule has 0 saturated heterocycles. The first-order chi connectivity index (χ1) is 12.8. The Hall–Kier alpha value is -1.09. The number of fused-ring (bicyclic) bond motifs is 2. The zero-order valence-electron chi connectivity index (χ0n) is 15.8. The van der Waals surface area contributed by atoms with E-state index in [4.69, 9.17) is 9.41 Å². The summed E-state index contributed by atoms with van der Waals surface area (Å²) in [4.78, 5) is 10.6. The van der Waals surface area contributed by atoms with Crippen molar-refractivity contribution in [1.29, 1.82) is 0 Å². The van der Waals surface area contributed by atoms with Crippen molar-refractivity contribution in [2.24, 2.45) is 16.8 Å². The molecule has 27 heavy (non-hydrogen) atoms. The van der Waals surface area contributed by atoms with Crippen LogP contribution >= 0.6 is 35.3 Å². The maximum Gasteiger partial charge on any atom is 0.191 e. The lowest BCUT2D eigenvalue weighted by atomic mass is 9.95. The molecule has 3 unspecified atom stereocenters. The number of nitrogens with one attached hydrogen (secondary N) is 2. The highest BCUT2D eigenvalue weighted by Gasteiger charge is 2.39. The van der Waals surface area contributed by atoms with Crippen LogP contribution in [0.4, 0.5) is 0 Å². The van der Waals surface area contributed by atoms with E-state index in [2.05, 4.69) is 22.5 Å². The smallest absolute Gasteiger partial charge is 0.191 e. The van der Waals surface area contributed by atoms with Gasteiger partial charge in [-0.3, -0.25) is 0 Å². The fraction of sp³-hybridized carbons (Fsp3) is 0.600. The highest BCUT2D eigenvalue weighted by Crippen LogP contribution is 2.44. The van der Waals surface area contributed by atoms with Crippen molar-refractivity contribution in [3.8, 4) is 0 Å². The van der Waals surface area contributed by atoms with Gasteiger partial charge in [-0.25, -0.2) is 9.98 Å². The van der Waals surface area contributed by atoms with E-state index in [1.165, 1.54) is 30.6 Å². The molecule has 7 heteroatoms. The second kappa shape index (κ2) is 9.91. The Labute approximate surface area is 182 Å². The van der Waals surface area contributed by atoms with E-state index >= 15 is 0 Å². The molecule has 2 fully saturated rings. The molecular formula is C20H29IN4OS. The van der Waals surface area contributed by atoms with Crippen LogP contribution < -0.4 is 10.6 Å². The molecule has 2 aliphatic rings. The molecule has 5 nitrogen and oxygen atoms in total. The van der Waals surface area contributed by atoms with E-state index in [1.807, 2.05) is 18.3 Å². The van der Waals surface area contributed by atoms with Crippen molar-refractivity contribution >= 4 is 41.3 Å². The minimum atomic E-state index is 0. The fourth-order valence-electron chi connectivity index (χ4n) is 4.24. The molecule has 0 radical (unpaired) electrons. The number of aliphatic imine (C=N–C) groups is 1. The van der Waals surface area contributed by atoms with Gasteiger partial charge in [0.25, 0.3) is 0 Å². The predicted octanol–water partition coefficient (Wildman–Crippen LogP) is 4.38. The predicted molar refractivity (Wildman–Crippen MR) is 121 cm³/mol. The van der Waals surface area contributed by atoms with Crippen LogP contribution in [0.5, 0.6) is 0 Å². The monoisotopic (exact) mass is 500 g/mol. The third-order valence-corrected chi connectivity index (χ3v) is 6.75. The lowest BCUT2D eigenvalue weighted by Gasteiger charge is -2.25. The Morgan fingerprint density at radius 3 is 2.96 bits per heavy atom. The van der Waals surface area contributed by atoms with Crippen molar-refractivity contribution in [1.82, 2.24) is 15.6 Å². The van der Waals surface area contributed by atoms with Crippen LogP contribution in [0.25, 0.3) is 0 Å². The quantitative estimate of drug-likeness (QED) is 0.337. The summed E-state index contributed by atoms with van der Waals surface area (Å²) in [5.41, 5.74) is 0. The number of guanidine groups is 1. The topological polar surface area (TPSA) is 62.5 Å². The maximum atomic E-state index is 5.42. The first-order valence-electron chi connectivity index (χ1n) is 9.81. The normalized spacial score (nSPS) is 24.0. The van der Waals surface area contributed by atoms with Crippen LogP contribution in [0.3, 0.4) is 0 Å². The number of aromatic nitrogens is 1. The van der Waals surface area contributed by atoms with Gasteiger partial charge in [-0.2, -0.15) is 0 Å². The number of hydrogen-bond acceptors (Lipinski definition) is 4. The zero-order valence-corrected chi connectivity index (χ0v) is 19.0. The van der Waals surface area contributed by atoms with E-state index < -0.39 is 0 Å². The van der Waals surface area contributed by atoms with Crippen molar-refractivity contribution in [3.05, 3.63) is 40.2 Å². The number of furan rings is 1. The van der Waals surface area contributed by atoms with Gasteiger partial charge in [0.2, 0.25) is 0 Å². The van der Waals surface area contributed by atoms with Gasteiger partial charge in [0.1, 0.15) is 10.8 Å². The fourth-order valence-corrected chi connectivity index (χ4v) is 5.03. The van der Waals surface area contributed by atoms with Crippen LogP contribution in [0.1, 0.15) is 48.3 Å². The highest BCUT2D eigenvalue weighted by atomic mass is 127. The summed E-state index contributed by atoms with van der Waals surface area (Å²) in [6.07, 6.45) is 11.1. The van der Waals surface area contributed by atoms with E-state index in [0.29, 0.717) is 12.6 Å². The van der Waals surface area contributed by atoms with E-state index in [1.54, 1.807) is 17.6 Å². The summed E-state index contributed by atoms with van der Waals surface area (Å²) >= 11 is 1.76. The minimum Gasteiger partial charge on any atom is -0.469 e. The number of nitrogens with zero attached hydrogens (tertiary/aromatic N) is 2. The van der Waals surface area contributed by atoms with Gasteiger partial charge in [0.15, 0.2) is 5.96 Å². The molecule has 2 bridgehead atoms. The molecule has 3 atom stereocenters. The third-order valence-electron chi connectivity index (χ3n) is 5.63. The largest absolute Gasteiger partial charge is 0.469 e. The molecule has 2 aromatic rings. The number of thiazole rings is 1. The third kappa shape index (κ3) is 5.47. The van der Waals surface area contributed by atoms with Crippen LogP contribution in [0.15, 0.2) is 34.0 Å². The Bertz CT molecular complexity index is 730. The Balaban J connectivity index is 0.00000210. The number of aryl methyl sites for hydroxylation is 1. The molecular weight excluding hydrogens is 471 g/mol. The minimum absolute atomic E-state index is 0. The second-order valence-electron chi connectivity index (χ2n) is 7.42. The van der Waals surface area contributed by atoms with Crippen LogP contribution in [0.2, 0.25) is 0 Å². The summed E-state index contributed by atoms with van der Waals surface area (Å²) in [7, 11) is 0. The van der Waals surface area contributed by atoms with Crippen molar-refractivity contribution in [2.75, 3.05) is 6.54 Å². The second-order valence-corrected chi connectivity index (χ2v) is 8.62. The zero-order chi connectivity index (χ0) is 17.8. The lowest BCUT2D eigenvalue weighted by Crippen LogP contribution is -2.46. The van der Waals surface area contributed by atoms with Gasteiger partial charge in [-0.15, -0.1) is 35.3 Å². The molecule has 0 spiro atoms. The van der Waals surface area contributed by atoms with Crippen molar-refractivity contribution in [2.45, 2.75) is 58.0 Å². The summed E-state index contributed by atoms with van der Waals surface area (Å²) in [5, 5.41) is 8.28. The Morgan fingerprint density at radius 1 is 1.37 bits per heavy atom. The molecule has 2 N–H and O–H groups in total. The molecule has 2 aliphatic carbocycles. The van der Waals surface area contributed by atoms with E-state index in [0.717, 1.165) is 47.9 Å². The van der Waals surface area contributed by atoms with Crippen molar-refractivity contribution < 1.29 is 4.42 Å². The summed E-state index contributed by atoms with van der Waals surface area (Å²) in [5.74, 6) is 3.67. The first-order valence-corrected chi connectivity index (χ1v) is 10.6. The number of rotatable bonds is 7. The molecule has 0 aliphatic heterocycles. The molecule has 0 aromatic carbocycles. The number of halogens is 1. The van der Waals surface area contributed by atoms with Gasteiger partial charge >= 0.3 is 0 Å². The standard InChI is InChI=1S/C20H28N4OS.HI/c1-2-17-12-22-19(26-17)13-23-20(21-8-7-16-4-3-9-25-16)24-18-11-14-5-6-15(18)10-14;/h3-4,9,12,14-15,18H,2,5-8,10-11,13H2,1H3,(H2,21,23,24);1H. The van der Waals surface area contributed by atoms with Gasteiger partial charge < -0.3 is 15.1 Å². The van der Waals surface area contributed by atoms with Gasteiger partial charge in [0, 0.05) is 30.1 Å². The highest BCUT2D eigenvalue weighted by molar-refractivity contribution is 14.0. The lowest BCUT2D eigenvalue weighted by molar-refractivity contribution is 0.387. The van der Waals surface area contributed by atoms with Gasteiger partial charge in [-0.1, -0.05) is 13.3 Å². The molecule has 0 amide bonds. The van der Waals surface area contributed by atoms with Gasteiger partial charge in [0.05, 0.1) is 12.8 Å². The Morgan fingerprint density at radius 2 is 2.30 bits per heavy atom. The first kappa shape index (κ1) is 20.6. The van der Waals surface area contributed by atoms with Crippen LogP contribution in [-0.4, -0.2) is 23.5 Å². The summed E-state index contributed by atoms with van der Waals surface area (Å²) in [6.45, 7) is 3.62. The van der Waals surface area contributed by atoms with E-state index in [9.17, 15) is 0 Å². The summed E-state index contributed by atoms with van der Waals surface area (Å²) in [6, 6.07) is 4.53. The Kier molecular flexibility index (Phi) is 7.57. The molecule has 2 saturated carbocycles. The molecule has 2 heterocycles. The molecule has 4 rings (SSSR count). The van der Waals surface area contributed by atoms with E-state index in [-0.39, 0.29) is 24.0 Å². The summed E-state index contributed by atoms with van der Waals surface area (Å²) < 4.78 is 5.42. The molecule has 2 aromatic heterocycles. The average Bonchev–Trinajstić information content (AvgIpc) is 3.44. The van der Waals surface area contributed by atoms with Crippen LogP contribution in [0, 0.1) is 11.8 Å². The average molecular weight is 500 g/mol. The SMILES string of the molecule is CCc1cnc(CN=C(NCCc2ccco2)NC2CC3CCC2C3)s1.I. The maximum absolute atomic E-state index is 5.42. The molecule has 148 valence electrons.